The molecule has 0 saturated heterocycles. The van der Waals surface area contributed by atoms with Gasteiger partial charge < -0.3 is 4.74 Å². The molecular formula is C17H18ClFO. The zero-order chi connectivity index (χ0) is 14.7. The average molecular weight is 293 g/mol. The Kier molecular flexibility index (Phi) is 4.66. The van der Waals surface area contributed by atoms with Crippen molar-refractivity contribution in [2.45, 2.75) is 32.6 Å². The molecule has 2 aromatic rings. The quantitative estimate of drug-likeness (QED) is 0.648. The number of benzene rings is 2. The third-order valence-corrected chi connectivity index (χ3v) is 3.47. The molecule has 106 valence electrons. The van der Waals surface area contributed by atoms with Crippen LogP contribution in [0.1, 0.15) is 36.5 Å². The van der Waals surface area contributed by atoms with Crippen molar-refractivity contribution in [2.24, 2.45) is 0 Å². The van der Waals surface area contributed by atoms with E-state index in [1.54, 1.807) is 12.1 Å². The Morgan fingerprint density at radius 2 is 1.85 bits per heavy atom. The molecule has 2 aromatic carbocycles. The predicted octanol–water partition coefficient (Wildman–Crippen LogP) is 5.79. The fourth-order valence-corrected chi connectivity index (χ4v) is 2.20. The lowest BCUT2D eigenvalue weighted by atomic mass is 10.0. The molecule has 3 heteroatoms. The predicted molar refractivity (Wildman–Crippen MR) is 81.3 cm³/mol. The smallest absolute Gasteiger partial charge is 0.166 e. The van der Waals surface area contributed by atoms with Gasteiger partial charge in [0.15, 0.2) is 11.6 Å². The summed E-state index contributed by atoms with van der Waals surface area (Å²) >= 11 is 5.69. The molecule has 0 spiro atoms. The minimum absolute atomic E-state index is 0.228. The third kappa shape index (κ3) is 3.31. The highest BCUT2D eigenvalue weighted by Gasteiger charge is 2.12. The van der Waals surface area contributed by atoms with Gasteiger partial charge in [0.1, 0.15) is 5.75 Å². The van der Waals surface area contributed by atoms with Gasteiger partial charge in [0.25, 0.3) is 0 Å². The summed E-state index contributed by atoms with van der Waals surface area (Å²) in [7, 11) is 0. The summed E-state index contributed by atoms with van der Waals surface area (Å²) in [5, 5.41) is 0. The summed E-state index contributed by atoms with van der Waals surface area (Å²) in [6.07, 6.45) is 0. The molecule has 2 rings (SSSR count). The summed E-state index contributed by atoms with van der Waals surface area (Å²) in [6.45, 7) is 6.17. The Balaban J connectivity index is 2.36. The van der Waals surface area contributed by atoms with E-state index in [0.29, 0.717) is 17.5 Å². The SMILES string of the molecule is Cc1ccc(C(C)C)c(Oc2ccc(CCl)cc2F)c1. The van der Waals surface area contributed by atoms with Gasteiger partial charge in [-0.05, 0) is 47.7 Å². The molecule has 0 saturated carbocycles. The van der Waals surface area contributed by atoms with E-state index in [4.69, 9.17) is 16.3 Å². The van der Waals surface area contributed by atoms with E-state index >= 15 is 0 Å². The minimum atomic E-state index is -0.389. The largest absolute Gasteiger partial charge is 0.454 e. The van der Waals surface area contributed by atoms with Crippen LogP contribution < -0.4 is 4.74 Å². The van der Waals surface area contributed by atoms with Gasteiger partial charge in [-0.2, -0.15) is 0 Å². The second-order valence-corrected chi connectivity index (χ2v) is 5.46. The van der Waals surface area contributed by atoms with Gasteiger partial charge in [-0.25, -0.2) is 4.39 Å². The lowest BCUT2D eigenvalue weighted by Crippen LogP contribution is -1.96. The lowest BCUT2D eigenvalue weighted by molar-refractivity contribution is 0.435. The first-order valence-electron chi connectivity index (χ1n) is 6.64. The summed E-state index contributed by atoms with van der Waals surface area (Å²) in [4.78, 5) is 0. The van der Waals surface area contributed by atoms with Crippen LogP contribution in [0.25, 0.3) is 0 Å². The molecule has 0 unspecified atom stereocenters. The van der Waals surface area contributed by atoms with Crippen LogP contribution in [-0.4, -0.2) is 0 Å². The molecule has 0 bridgehead atoms. The number of halogens is 2. The number of hydrogen-bond donors (Lipinski definition) is 0. The number of hydrogen-bond acceptors (Lipinski definition) is 1. The van der Waals surface area contributed by atoms with Crippen LogP contribution in [0.15, 0.2) is 36.4 Å². The minimum Gasteiger partial charge on any atom is -0.454 e. The van der Waals surface area contributed by atoms with E-state index < -0.39 is 0 Å². The van der Waals surface area contributed by atoms with E-state index in [9.17, 15) is 4.39 Å². The third-order valence-electron chi connectivity index (χ3n) is 3.16. The van der Waals surface area contributed by atoms with Crippen molar-refractivity contribution in [3.05, 3.63) is 58.9 Å². The van der Waals surface area contributed by atoms with Crippen molar-refractivity contribution in [1.29, 1.82) is 0 Å². The number of rotatable bonds is 4. The van der Waals surface area contributed by atoms with Crippen LogP contribution in [0, 0.1) is 12.7 Å². The topological polar surface area (TPSA) is 9.23 Å². The van der Waals surface area contributed by atoms with Gasteiger partial charge in [-0.1, -0.05) is 32.0 Å². The molecule has 0 aliphatic heterocycles. The fourth-order valence-electron chi connectivity index (χ4n) is 2.04. The van der Waals surface area contributed by atoms with Crippen molar-refractivity contribution in [1.82, 2.24) is 0 Å². The standard InChI is InChI=1S/C17H18ClFO/c1-11(2)14-6-4-12(3)8-17(14)20-16-7-5-13(10-18)9-15(16)19/h4-9,11H,10H2,1-3H3. The maximum Gasteiger partial charge on any atom is 0.166 e. The Morgan fingerprint density at radius 1 is 1.10 bits per heavy atom. The molecule has 0 aliphatic rings. The number of alkyl halides is 1. The van der Waals surface area contributed by atoms with Gasteiger partial charge in [0.05, 0.1) is 0 Å². The molecule has 0 aromatic heterocycles. The van der Waals surface area contributed by atoms with Crippen molar-refractivity contribution in [3.8, 4) is 11.5 Å². The normalized spacial score (nSPS) is 10.9. The molecule has 0 fully saturated rings. The van der Waals surface area contributed by atoms with Gasteiger partial charge in [-0.3, -0.25) is 0 Å². The van der Waals surface area contributed by atoms with E-state index in [-0.39, 0.29) is 11.6 Å². The maximum absolute atomic E-state index is 14.0. The van der Waals surface area contributed by atoms with E-state index in [2.05, 4.69) is 13.8 Å². The zero-order valence-corrected chi connectivity index (χ0v) is 12.7. The van der Waals surface area contributed by atoms with Crippen LogP contribution in [0.3, 0.4) is 0 Å². The van der Waals surface area contributed by atoms with Crippen LogP contribution >= 0.6 is 11.6 Å². The number of ether oxygens (including phenoxy) is 1. The molecule has 0 heterocycles. The molecule has 0 N–H and O–H groups in total. The highest BCUT2D eigenvalue weighted by Crippen LogP contribution is 2.33. The van der Waals surface area contributed by atoms with E-state index in [1.165, 1.54) is 6.07 Å². The summed E-state index contributed by atoms with van der Waals surface area (Å²) in [5.74, 6) is 1.15. The fraction of sp³-hybridized carbons (Fsp3) is 0.294. The maximum atomic E-state index is 14.0. The van der Waals surface area contributed by atoms with Crippen LogP contribution in [0.4, 0.5) is 4.39 Å². The highest BCUT2D eigenvalue weighted by molar-refractivity contribution is 6.17. The Morgan fingerprint density at radius 3 is 2.45 bits per heavy atom. The molecule has 1 nitrogen and oxygen atoms in total. The average Bonchev–Trinajstić information content (AvgIpc) is 2.40. The van der Waals surface area contributed by atoms with E-state index in [0.717, 1.165) is 16.7 Å². The van der Waals surface area contributed by atoms with Crippen molar-refractivity contribution >= 4 is 11.6 Å². The van der Waals surface area contributed by atoms with Crippen LogP contribution in [0.5, 0.6) is 11.5 Å². The van der Waals surface area contributed by atoms with Crippen molar-refractivity contribution < 1.29 is 9.13 Å². The first-order valence-corrected chi connectivity index (χ1v) is 7.17. The molecule has 0 atom stereocenters. The first kappa shape index (κ1) is 14.9. The Labute approximate surface area is 124 Å². The van der Waals surface area contributed by atoms with Crippen molar-refractivity contribution in [2.75, 3.05) is 0 Å². The van der Waals surface area contributed by atoms with Gasteiger partial charge in [-0.15, -0.1) is 11.6 Å². The van der Waals surface area contributed by atoms with Crippen LogP contribution in [0.2, 0.25) is 0 Å². The number of aryl methyl sites for hydroxylation is 1. The van der Waals surface area contributed by atoms with Crippen molar-refractivity contribution in [3.63, 3.8) is 0 Å². The monoisotopic (exact) mass is 292 g/mol. The molecule has 20 heavy (non-hydrogen) atoms. The second-order valence-electron chi connectivity index (χ2n) is 5.20. The Hall–Kier alpha value is -1.54. The summed E-state index contributed by atoms with van der Waals surface area (Å²) in [6, 6.07) is 10.8. The summed E-state index contributed by atoms with van der Waals surface area (Å²) < 4.78 is 19.7. The first-order chi connectivity index (χ1) is 9.51. The zero-order valence-electron chi connectivity index (χ0n) is 11.9. The van der Waals surface area contributed by atoms with Gasteiger partial charge in [0.2, 0.25) is 0 Å². The molecule has 0 aliphatic carbocycles. The van der Waals surface area contributed by atoms with E-state index in [1.807, 2.05) is 25.1 Å². The highest BCUT2D eigenvalue weighted by atomic mass is 35.5. The second kappa shape index (κ2) is 6.27. The molecule has 0 radical (unpaired) electrons. The molecule has 0 amide bonds. The van der Waals surface area contributed by atoms with Gasteiger partial charge >= 0.3 is 0 Å². The Bertz CT molecular complexity index is 608. The summed E-state index contributed by atoms with van der Waals surface area (Å²) in [5.41, 5.74) is 2.89. The lowest BCUT2D eigenvalue weighted by Gasteiger charge is -2.15. The molecular weight excluding hydrogens is 275 g/mol. The van der Waals surface area contributed by atoms with Crippen LogP contribution in [-0.2, 0) is 5.88 Å². The van der Waals surface area contributed by atoms with Gasteiger partial charge in [0, 0.05) is 5.88 Å².